The number of ether oxygens (including phenoxy) is 2. The smallest absolute Gasteiger partial charge is 0.308 e. The number of carboxylic acid groups (broad SMARTS) is 1. The molecule has 2 aliphatic carbocycles. The first kappa shape index (κ1) is 22.3. The Morgan fingerprint density at radius 2 is 1.86 bits per heavy atom. The van der Waals surface area contributed by atoms with Crippen molar-refractivity contribution in [1.29, 1.82) is 0 Å². The highest BCUT2D eigenvalue weighted by Gasteiger charge is 2.65. The highest BCUT2D eigenvalue weighted by Crippen LogP contribution is 2.66. The Morgan fingerprint density at radius 1 is 1.17 bits per heavy atom. The van der Waals surface area contributed by atoms with E-state index in [1.165, 1.54) is 6.42 Å². The summed E-state index contributed by atoms with van der Waals surface area (Å²) < 4.78 is 12.5. The average Bonchev–Trinajstić information content (AvgIpc) is 2.93. The van der Waals surface area contributed by atoms with Gasteiger partial charge in [0.15, 0.2) is 0 Å². The molecule has 29 heavy (non-hydrogen) atoms. The lowest BCUT2D eigenvalue weighted by atomic mass is 9.46. The van der Waals surface area contributed by atoms with Crippen molar-refractivity contribution in [2.75, 3.05) is 6.61 Å². The van der Waals surface area contributed by atoms with Gasteiger partial charge in [0.05, 0.1) is 23.5 Å². The third-order valence-electron chi connectivity index (χ3n) is 8.06. The highest BCUT2D eigenvalue weighted by molar-refractivity contribution is 5.71. The lowest BCUT2D eigenvalue weighted by molar-refractivity contribution is -0.196. The van der Waals surface area contributed by atoms with Crippen LogP contribution in [-0.4, -0.2) is 34.9 Å². The average molecular weight is 407 g/mol. The fraction of sp³-hybridized carbons (Fsp3) is 0.833. The van der Waals surface area contributed by atoms with Crippen molar-refractivity contribution in [3.63, 3.8) is 0 Å². The number of aliphatic carboxylic acids is 1. The van der Waals surface area contributed by atoms with Gasteiger partial charge in [-0.15, -0.1) is 0 Å². The molecule has 164 valence electrons. The molecule has 0 aromatic carbocycles. The topological polar surface area (TPSA) is 72.8 Å². The number of hydrogen-bond acceptors (Lipinski definition) is 4. The van der Waals surface area contributed by atoms with Crippen molar-refractivity contribution in [3.8, 4) is 0 Å². The normalized spacial score (nSPS) is 38.6. The molecule has 0 aromatic rings. The second-order valence-electron chi connectivity index (χ2n) is 11.0. The number of rotatable bonds is 5. The summed E-state index contributed by atoms with van der Waals surface area (Å²) in [6.45, 7) is 12.9. The minimum atomic E-state index is -0.831. The fourth-order valence-electron chi connectivity index (χ4n) is 6.50. The van der Waals surface area contributed by atoms with Gasteiger partial charge in [0, 0.05) is 5.41 Å². The standard InChI is InChI=1S/C24H38O5/c1-16(2)20(27)28-15-17-8-9-18-21(3,4)10-7-11-23(18,6)24(17)13-12-22(5,29-24)14-19(25)26/h8,16,18H,7,9-15H2,1-6H3,(H,25,26)/t18-,22-,23-,24+/m1/s1. The Kier molecular flexibility index (Phi) is 5.70. The maximum atomic E-state index is 12.2. The zero-order valence-corrected chi connectivity index (χ0v) is 19.0. The molecule has 1 spiro atoms. The lowest BCUT2D eigenvalue weighted by Gasteiger charge is -2.61. The van der Waals surface area contributed by atoms with Gasteiger partial charge < -0.3 is 14.6 Å². The van der Waals surface area contributed by atoms with Crippen LogP contribution in [0.4, 0.5) is 0 Å². The van der Waals surface area contributed by atoms with E-state index in [9.17, 15) is 14.7 Å². The predicted octanol–water partition coefficient (Wildman–Crippen LogP) is 5.13. The van der Waals surface area contributed by atoms with Crippen LogP contribution in [0.2, 0.25) is 0 Å². The number of fused-ring (bicyclic) bond motifs is 2. The first-order valence-electron chi connectivity index (χ1n) is 11.1. The van der Waals surface area contributed by atoms with Crippen LogP contribution in [0.1, 0.15) is 86.5 Å². The molecule has 0 unspecified atom stereocenters. The highest BCUT2D eigenvalue weighted by atomic mass is 16.5. The lowest BCUT2D eigenvalue weighted by Crippen LogP contribution is -2.60. The Hall–Kier alpha value is -1.36. The quantitative estimate of drug-likeness (QED) is 0.506. The van der Waals surface area contributed by atoms with E-state index in [0.29, 0.717) is 12.3 Å². The molecule has 0 bridgehead atoms. The van der Waals surface area contributed by atoms with Crippen LogP contribution in [-0.2, 0) is 19.1 Å². The Bertz CT molecular complexity index is 708. The molecule has 1 aliphatic heterocycles. The molecule has 5 nitrogen and oxygen atoms in total. The molecule has 3 aliphatic rings. The molecule has 4 atom stereocenters. The zero-order chi connectivity index (χ0) is 21.7. The monoisotopic (exact) mass is 406 g/mol. The number of carbonyl (C=O) groups is 2. The summed E-state index contributed by atoms with van der Waals surface area (Å²) >= 11 is 0. The van der Waals surface area contributed by atoms with Crippen LogP contribution >= 0.6 is 0 Å². The first-order chi connectivity index (χ1) is 13.4. The summed E-state index contributed by atoms with van der Waals surface area (Å²) in [6, 6.07) is 0. The molecule has 0 amide bonds. The number of carbonyl (C=O) groups excluding carboxylic acids is 1. The second-order valence-corrected chi connectivity index (χ2v) is 11.0. The first-order valence-corrected chi connectivity index (χ1v) is 11.1. The van der Waals surface area contributed by atoms with E-state index in [2.05, 4.69) is 26.8 Å². The van der Waals surface area contributed by atoms with Crippen LogP contribution in [0.15, 0.2) is 11.6 Å². The van der Waals surface area contributed by atoms with Crippen LogP contribution < -0.4 is 0 Å². The zero-order valence-electron chi connectivity index (χ0n) is 19.0. The van der Waals surface area contributed by atoms with Crippen LogP contribution in [0.3, 0.4) is 0 Å². The summed E-state index contributed by atoms with van der Waals surface area (Å²) in [6.07, 6.45) is 8.07. The molecular weight excluding hydrogens is 368 g/mol. The summed E-state index contributed by atoms with van der Waals surface area (Å²) in [5, 5.41) is 9.44. The van der Waals surface area contributed by atoms with Crippen molar-refractivity contribution in [2.45, 2.75) is 97.7 Å². The van der Waals surface area contributed by atoms with Gasteiger partial charge in [0.1, 0.15) is 6.61 Å². The van der Waals surface area contributed by atoms with Crippen molar-refractivity contribution in [2.24, 2.45) is 22.7 Å². The number of allylic oxidation sites excluding steroid dienone is 1. The van der Waals surface area contributed by atoms with Crippen LogP contribution in [0.5, 0.6) is 0 Å². The third kappa shape index (κ3) is 3.75. The van der Waals surface area contributed by atoms with Gasteiger partial charge >= 0.3 is 11.9 Å². The molecule has 3 rings (SSSR count). The van der Waals surface area contributed by atoms with Gasteiger partial charge in [-0.25, -0.2) is 0 Å². The predicted molar refractivity (Wildman–Crippen MR) is 111 cm³/mol. The van der Waals surface area contributed by atoms with Crippen molar-refractivity contribution in [3.05, 3.63) is 11.6 Å². The van der Waals surface area contributed by atoms with Crippen molar-refractivity contribution in [1.82, 2.24) is 0 Å². The molecule has 1 heterocycles. The fourth-order valence-corrected chi connectivity index (χ4v) is 6.50. The van der Waals surface area contributed by atoms with Gasteiger partial charge in [0.2, 0.25) is 0 Å². The maximum absolute atomic E-state index is 12.2. The number of esters is 1. The van der Waals surface area contributed by atoms with E-state index in [1.807, 2.05) is 20.8 Å². The van der Waals surface area contributed by atoms with Gasteiger partial charge in [-0.1, -0.05) is 47.1 Å². The summed E-state index contributed by atoms with van der Waals surface area (Å²) in [5.41, 5.74) is -0.114. The molecule has 0 aromatic heterocycles. The number of carboxylic acids is 1. The van der Waals surface area contributed by atoms with Crippen LogP contribution in [0.25, 0.3) is 0 Å². The minimum Gasteiger partial charge on any atom is -0.481 e. The number of hydrogen-bond donors (Lipinski definition) is 1. The molecular formula is C24H38O5. The van der Waals surface area contributed by atoms with Gasteiger partial charge in [0.25, 0.3) is 0 Å². The largest absolute Gasteiger partial charge is 0.481 e. The molecule has 1 N–H and O–H groups in total. The second kappa shape index (κ2) is 7.40. The summed E-state index contributed by atoms with van der Waals surface area (Å²) in [4.78, 5) is 23.7. The van der Waals surface area contributed by atoms with E-state index in [1.54, 1.807) is 0 Å². The van der Waals surface area contributed by atoms with Crippen molar-refractivity contribution >= 4 is 11.9 Å². The van der Waals surface area contributed by atoms with Gasteiger partial charge in [-0.3, -0.25) is 9.59 Å². The molecule has 1 saturated carbocycles. The van der Waals surface area contributed by atoms with Crippen molar-refractivity contribution < 1.29 is 24.2 Å². The Morgan fingerprint density at radius 3 is 2.48 bits per heavy atom. The Balaban J connectivity index is 2.00. The third-order valence-corrected chi connectivity index (χ3v) is 8.06. The molecule has 5 heteroatoms. The summed E-state index contributed by atoms with van der Waals surface area (Å²) in [5.74, 6) is -0.749. The summed E-state index contributed by atoms with van der Waals surface area (Å²) in [7, 11) is 0. The van der Waals surface area contributed by atoms with Gasteiger partial charge in [-0.2, -0.15) is 0 Å². The van der Waals surface area contributed by atoms with Crippen LogP contribution in [0, 0.1) is 22.7 Å². The van der Waals surface area contributed by atoms with E-state index >= 15 is 0 Å². The molecule has 0 radical (unpaired) electrons. The maximum Gasteiger partial charge on any atom is 0.308 e. The van der Waals surface area contributed by atoms with E-state index < -0.39 is 17.2 Å². The Labute approximate surface area is 175 Å². The van der Waals surface area contributed by atoms with E-state index in [4.69, 9.17) is 9.47 Å². The molecule has 2 fully saturated rings. The molecule has 1 saturated heterocycles. The van der Waals surface area contributed by atoms with Gasteiger partial charge in [-0.05, 0) is 55.9 Å². The SMILES string of the molecule is CC(C)C(=O)OCC1=CC[C@@H]2C(C)(C)CCC[C@@]2(C)[C@]12CC[C@](C)(CC(=O)O)O2. The minimum absolute atomic E-state index is 0.00203. The van der Waals surface area contributed by atoms with E-state index in [-0.39, 0.29) is 35.7 Å². The van der Waals surface area contributed by atoms with E-state index in [0.717, 1.165) is 31.3 Å².